The molecule has 5 rings (SSSR count). The Labute approximate surface area is 215 Å². The Morgan fingerprint density at radius 1 is 0.784 bits per heavy atom. The molecule has 188 valence electrons. The molecular formula is C28H26N4O4S. The maximum absolute atomic E-state index is 13.0. The number of anilines is 1. The number of amides is 2. The first-order chi connectivity index (χ1) is 17.9. The molecule has 0 atom stereocenters. The van der Waals surface area contributed by atoms with Gasteiger partial charge in [0.2, 0.25) is 5.91 Å². The van der Waals surface area contributed by atoms with Gasteiger partial charge in [-0.25, -0.2) is 8.42 Å². The summed E-state index contributed by atoms with van der Waals surface area (Å²) in [7, 11) is -3.88. The largest absolute Gasteiger partial charge is 0.339 e. The first kappa shape index (κ1) is 24.5. The zero-order valence-electron chi connectivity index (χ0n) is 20.1. The van der Waals surface area contributed by atoms with Crippen LogP contribution in [0.3, 0.4) is 0 Å². The normalized spacial score (nSPS) is 13.9. The fourth-order valence-electron chi connectivity index (χ4n) is 4.41. The molecule has 0 spiro atoms. The van der Waals surface area contributed by atoms with Crippen LogP contribution in [0.2, 0.25) is 0 Å². The smallest absolute Gasteiger partial charge is 0.264 e. The molecule has 0 unspecified atom stereocenters. The van der Waals surface area contributed by atoms with E-state index < -0.39 is 10.0 Å². The molecule has 2 amide bonds. The van der Waals surface area contributed by atoms with Crippen LogP contribution in [0.25, 0.3) is 10.9 Å². The van der Waals surface area contributed by atoms with Gasteiger partial charge in [0.15, 0.2) is 0 Å². The van der Waals surface area contributed by atoms with E-state index in [0.29, 0.717) is 49.4 Å². The number of nitrogens with zero attached hydrogens (tertiary/aromatic N) is 3. The van der Waals surface area contributed by atoms with Crippen LogP contribution in [0.1, 0.15) is 15.9 Å². The van der Waals surface area contributed by atoms with Gasteiger partial charge in [0.25, 0.3) is 15.9 Å². The number of carbonyl (C=O) groups excluding carboxylic acids is 2. The van der Waals surface area contributed by atoms with Crippen molar-refractivity contribution < 1.29 is 18.0 Å². The molecule has 1 aliphatic heterocycles. The minimum Gasteiger partial charge on any atom is -0.339 e. The van der Waals surface area contributed by atoms with Crippen molar-refractivity contribution in [3.8, 4) is 0 Å². The van der Waals surface area contributed by atoms with Crippen molar-refractivity contribution in [3.63, 3.8) is 0 Å². The van der Waals surface area contributed by atoms with E-state index in [1.54, 1.807) is 64.5 Å². The second-order valence-electron chi connectivity index (χ2n) is 8.85. The number of aromatic nitrogens is 1. The molecule has 2 heterocycles. The second kappa shape index (κ2) is 10.4. The third-order valence-electron chi connectivity index (χ3n) is 6.39. The number of pyridine rings is 1. The summed E-state index contributed by atoms with van der Waals surface area (Å²) >= 11 is 0. The molecule has 1 N–H and O–H groups in total. The first-order valence-corrected chi connectivity index (χ1v) is 13.5. The van der Waals surface area contributed by atoms with Gasteiger partial charge >= 0.3 is 0 Å². The zero-order valence-corrected chi connectivity index (χ0v) is 20.9. The molecule has 4 aromatic rings. The topological polar surface area (TPSA) is 99.7 Å². The summed E-state index contributed by atoms with van der Waals surface area (Å²) in [6.07, 6.45) is 1.90. The van der Waals surface area contributed by atoms with Crippen molar-refractivity contribution in [2.45, 2.75) is 11.3 Å². The number of piperazine rings is 1. The molecule has 9 heteroatoms. The third-order valence-corrected chi connectivity index (χ3v) is 7.80. The molecular weight excluding hydrogens is 488 g/mol. The number of benzene rings is 3. The van der Waals surface area contributed by atoms with Gasteiger partial charge in [-0.15, -0.1) is 0 Å². The molecule has 3 aromatic carbocycles. The van der Waals surface area contributed by atoms with Crippen LogP contribution in [0, 0.1) is 0 Å². The van der Waals surface area contributed by atoms with E-state index in [-0.39, 0.29) is 16.7 Å². The molecule has 8 nitrogen and oxygen atoms in total. The lowest BCUT2D eigenvalue weighted by molar-refractivity contribution is -0.131. The van der Waals surface area contributed by atoms with Gasteiger partial charge in [-0.2, -0.15) is 0 Å². The number of rotatable bonds is 6. The highest BCUT2D eigenvalue weighted by Crippen LogP contribution is 2.23. The highest BCUT2D eigenvalue weighted by molar-refractivity contribution is 7.93. The van der Waals surface area contributed by atoms with Gasteiger partial charge in [0.05, 0.1) is 11.9 Å². The van der Waals surface area contributed by atoms with Crippen LogP contribution < -0.4 is 4.72 Å². The van der Waals surface area contributed by atoms with E-state index in [0.717, 1.165) is 10.9 Å². The summed E-state index contributed by atoms with van der Waals surface area (Å²) in [4.78, 5) is 33.4. The summed E-state index contributed by atoms with van der Waals surface area (Å²) in [5.41, 5.74) is 2.17. The van der Waals surface area contributed by atoms with Crippen LogP contribution in [-0.4, -0.2) is 61.2 Å². The lowest BCUT2D eigenvalue weighted by Gasteiger charge is -2.35. The van der Waals surface area contributed by atoms with E-state index in [4.69, 9.17) is 0 Å². The second-order valence-corrected chi connectivity index (χ2v) is 10.5. The summed E-state index contributed by atoms with van der Waals surface area (Å²) in [6, 6.07) is 24.5. The Kier molecular flexibility index (Phi) is 6.87. The van der Waals surface area contributed by atoms with E-state index in [9.17, 15) is 18.0 Å². The summed E-state index contributed by atoms with van der Waals surface area (Å²) in [5.74, 6) is -0.0980. The fraction of sp³-hybridized carbons (Fsp3) is 0.179. The number of fused-ring (bicyclic) bond motifs is 1. The average molecular weight is 515 g/mol. The lowest BCUT2D eigenvalue weighted by atomic mass is 10.1. The van der Waals surface area contributed by atoms with E-state index in [1.807, 2.05) is 30.3 Å². The predicted octanol–water partition coefficient (Wildman–Crippen LogP) is 3.56. The maximum atomic E-state index is 13.0. The molecule has 0 radical (unpaired) electrons. The van der Waals surface area contributed by atoms with Crippen molar-refractivity contribution in [1.82, 2.24) is 14.8 Å². The molecule has 0 saturated carbocycles. The van der Waals surface area contributed by atoms with Crippen LogP contribution in [0.5, 0.6) is 0 Å². The maximum Gasteiger partial charge on any atom is 0.264 e. The van der Waals surface area contributed by atoms with Gasteiger partial charge in [-0.05, 0) is 42.0 Å². The highest BCUT2D eigenvalue weighted by atomic mass is 32.2. The van der Waals surface area contributed by atoms with Crippen LogP contribution >= 0.6 is 0 Å². The van der Waals surface area contributed by atoms with E-state index >= 15 is 0 Å². The Hall–Kier alpha value is -4.24. The molecule has 1 aromatic heterocycles. The summed E-state index contributed by atoms with van der Waals surface area (Å²) < 4.78 is 28.6. The van der Waals surface area contributed by atoms with Gasteiger partial charge in [-0.1, -0.05) is 48.5 Å². The van der Waals surface area contributed by atoms with Crippen molar-refractivity contribution in [3.05, 3.63) is 102 Å². The van der Waals surface area contributed by atoms with Gasteiger partial charge in [0, 0.05) is 49.0 Å². The molecule has 1 aliphatic rings. The SMILES string of the molecule is O=C(Cc1ccccc1)N1CCN(C(=O)c2ccc(NS(=O)(=O)c3cccc4cccnc34)cc2)CC1. The number of sulfonamides is 1. The van der Waals surface area contributed by atoms with E-state index in [2.05, 4.69) is 9.71 Å². The Balaban J connectivity index is 1.20. The molecule has 1 saturated heterocycles. The fourth-order valence-corrected chi connectivity index (χ4v) is 5.65. The Bertz CT molecular complexity index is 1530. The van der Waals surface area contributed by atoms with Gasteiger partial charge in [-0.3, -0.25) is 19.3 Å². The molecule has 0 bridgehead atoms. The lowest BCUT2D eigenvalue weighted by Crippen LogP contribution is -2.51. The Morgan fingerprint density at radius 3 is 2.19 bits per heavy atom. The van der Waals surface area contributed by atoms with Crippen LogP contribution in [-0.2, 0) is 21.2 Å². The minimum absolute atomic E-state index is 0.0522. The predicted molar refractivity (Wildman–Crippen MR) is 142 cm³/mol. The standard InChI is InChI=1S/C28H26N4O4S/c33-26(20-21-6-2-1-3-7-21)31-16-18-32(19-17-31)28(34)23-11-13-24(14-12-23)30-37(35,36)25-10-4-8-22-9-5-15-29-27(22)25/h1-15,30H,16-20H2. The number of hydrogen-bond acceptors (Lipinski definition) is 5. The highest BCUT2D eigenvalue weighted by Gasteiger charge is 2.25. The van der Waals surface area contributed by atoms with Crippen molar-refractivity contribution in [2.75, 3.05) is 30.9 Å². The molecule has 1 fully saturated rings. The van der Waals surface area contributed by atoms with Crippen LogP contribution in [0.4, 0.5) is 5.69 Å². The first-order valence-electron chi connectivity index (χ1n) is 12.0. The quantitative estimate of drug-likeness (QED) is 0.424. The van der Waals surface area contributed by atoms with Crippen molar-refractivity contribution in [2.24, 2.45) is 0 Å². The summed E-state index contributed by atoms with van der Waals surface area (Å²) in [6.45, 7) is 1.85. The molecule has 37 heavy (non-hydrogen) atoms. The van der Waals surface area contributed by atoms with E-state index in [1.165, 1.54) is 6.07 Å². The number of hydrogen-bond donors (Lipinski definition) is 1. The van der Waals surface area contributed by atoms with Crippen molar-refractivity contribution in [1.29, 1.82) is 0 Å². The average Bonchev–Trinajstić information content (AvgIpc) is 2.93. The van der Waals surface area contributed by atoms with Crippen LogP contribution in [0.15, 0.2) is 96.0 Å². The van der Waals surface area contributed by atoms with Gasteiger partial charge in [0.1, 0.15) is 4.90 Å². The minimum atomic E-state index is -3.88. The molecule has 0 aliphatic carbocycles. The zero-order chi connectivity index (χ0) is 25.8. The van der Waals surface area contributed by atoms with Gasteiger partial charge < -0.3 is 9.80 Å². The number of nitrogens with one attached hydrogen (secondary N) is 1. The monoisotopic (exact) mass is 514 g/mol. The number of carbonyl (C=O) groups is 2. The third kappa shape index (κ3) is 5.46. The van der Waals surface area contributed by atoms with Crippen molar-refractivity contribution >= 4 is 38.4 Å². The summed E-state index contributed by atoms with van der Waals surface area (Å²) in [5, 5.41) is 0.730. The number of para-hydroxylation sites is 1. The Morgan fingerprint density at radius 2 is 1.46 bits per heavy atom.